The number of halogens is 3. The van der Waals surface area contributed by atoms with Gasteiger partial charge in [-0.2, -0.15) is 0 Å². The van der Waals surface area contributed by atoms with E-state index in [0.717, 1.165) is 5.56 Å². The summed E-state index contributed by atoms with van der Waals surface area (Å²) in [5, 5.41) is 1.21. The van der Waals surface area contributed by atoms with Crippen LogP contribution < -0.4 is 0 Å². The van der Waals surface area contributed by atoms with Crippen LogP contribution in [0.15, 0.2) is 24.3 Å². The van der Waals surface area contributed by atoms with E-state index in [4.69, 9.17) is 39.5 Å². The number of benzene rings is 1. The van der Waals surface area contributed by atoms with Gasteiger partial charge in [-0.25, -0.2) is 9.97 Å². The van der Waals surface area contributed by atoms with Gasteiger partial charge in [-0.3, -0.25) is 0 Å². The molecular weight excluding hydrogens is 319 g/mol. The van der Waals surface area contributed by atoms with Crippen molar-refractivity contribution in [3.8, 4) is 11.1 Å². The van der Waals surface area contributed by atoms with Crippen LogP contribution in [0, 0.1) is 0 Å². The molecule has 2 aromatic rings. The molecule has 0 bridgehead atoms. The predicted molar refractivity (Wildman–Crippen MR) is 82.5 cm³/mol. The highest BCUT2D eigenvalue weighted by atomic mass is 35.5. The van der Waals surface area contributed by atoms with Crippen LogP contribution in [-0.4, -0.2) is 17.1 Å². The van der Waals surface area contributed by atoms with Crippen LogP contribution in [0.2, 0.25) is 15.3 Å². The van der Waals surface area contributed by atoms with Gasteiger partial charge in [0.2, 0.25) is 0 Å². The molecule has 2 rings (SSSR count). The molecule has 0 atom stereocenters. The first-order valence-electron chi connectivity index (χ1n) is 5.90. The Balaban J connectivity index is 2.55. The van der Waals surface area contributed by atoms with E-state index in [1.54, 1.807) is 19.2 Å². The van der Waals surface area contributed by atoms with E-state index in [0.29, 0.717) is 16.4 Å². The van der Waals surface area contributed by atoms with Gasteiger partial charge < -0.3 is 4.74 Å². The van der Waals surface area contributed by atoms with Gasteiger partial charge in [-0.1, -0.05) is 46.9 Å². The summed E-state index contributed by atoms with van der Waals surface area (Å²) in [7, 11) is 1.58. The molecule has 0 aliphatic heterocycles. The molecule has 6 heteroatoms. The maximum atomic E-state index is 6.25. The largest absolute Gasteiger partial charge is 0.371 e. The molecule has 0 unspecified atom stereocenters. The lowest BCUT2D eigenvalue weighted by Crippen LogP contribution is -2.23. The lowest BCUT2D eigenvalue weighted by Gasteiger charge is -2.22. The molecule has 3 nitrogen and oxygen atoms in total. The number of hydrogen-bond acceptors (Lipinski definition) is 3. The summed E-state index contributed by atoms with van der Waals surface area (Å²) in [5.41, 5.74) is 0.734. The van der Waals surface area contributed by atoms with Gasteiger partial charge in [0.15, 0.2) is 5.82 Å². The van der Waals surface area contributed by atoms with Gasteiger partial charge in [0.05, 0.1) is 5.56 Å². The van der Waals surface area contributed by atoms with E-state index in [1.165, 1.54) is 0 Å². The quantitative estimate of drug-likeness (QED) is 0.744. The lowest BCUT2D eigenvalue weighted by molar-refractivity contribution is 0.0115. The molecule has 0 aliphatic carbocycles. The van der Waals surface area contributed by atoms with Crippen molar-refractivity contribution in [3.05, 3.63) is 45.4 Å². The average Bonchev–Trinajstić information content (AvgIpc) is 2.40. The number of hydrogen-bond donors (Lipinski definition) is 0. The van der Waals surface area contributed by atoms with E-state index in [-0.39, 0.29) is 10.3 Å². The minimum atomic E-state index is -0.661. The Morgan fingerprint density at radius 1 is 0.950 bits per heavy atom. The molecule has 0 spiro atoms. The van der Waals surface area contributed by atoms with Gasteiger partial charge >= 0.3 is 0 Å². The van der Waals surface area contributed by atoms with Crippen molar-refractivity contribution in [1.82, 2.24) is 9.97 Å². The molecule has 1 heterocycles. The Hall–Kier alpha value is -0.870. The van der Waals surface area contributed by atoms with Crippen LogP contribution in [0.25, 0.3) is 11.1 Å². The second-order valence-electron chi connectivity index (χ2n) is 4.73. The zero-order valence-corrected chi connectivity index (χ0v) is 13.5. The summed E-state index contributed by atoms with van der Waals surface area (Å²) in [5.74, 6) is 0.438. The van der Waals surface area contributed by atoms with Crippen LogP contribution in [0.5, 0.6) is 0 Å². The van der Waals surface area contributed by atoms with Crippen molar-refractivity contribution < 1.29 is 4.74 Å². The Kier molecular flexibility index (Phi) is 4.55. The minimum Gasteiger partial charge on any atom is -0.371 e. The molecule has 0 saturated heterocycles. The Bertz CT molecular complexity index is 604. The Morgan fingerprint density at radius 2 is 1.45 bits per heavy atom. The molecule has 0 saturated carbocycles. The van der Waals surface area contributed by atoms with Gasteiger partial charge in [0, 0.05) is 12.1 Å². The first-order chi connectivity index (χ1) is 9.35. The molecular formula is C14H13Cl3N2O. The van der Waals surface area contributed by atoms with E-state index in [9.17, 15) is 0 Å². The third-order valence-electron chi connectivity index (χ3n) is 3.00. The minimum absolute atomic E-state index is 0.285. The normalized spacial score (nSPS) is 11.7. The van der Waals surface area contributed by atoms with Crippen LogP contribution in [-0.2, 0) is 10.3 Å². The molecule has 0 fully saturated rings. The monoisotopic (exact) mass is 330 g/mol. The van der Waals surface area contributed by atoms with Gasteiger partial charge in [0.25, 0.3) is 0 Å². The van der Waals surface area contributed by atoms with Gasteiger partial charge in [-0.05, 0) is 31.5 Å². The Morgan fingerprint density at radius 3 is 1.90 bits per heavy atom. The Labute approximate surface area is 132 Å². The zero-order chi connectivity index (χ0) is 14.9. The second kappa shape index (κ2) is 5.86. The first-order valence-corrected chi connectivity index (χ1v) is 7.03. The summed E-state index contributed by atoms with van der Waals surface area (Å²) >= 11 is 18.4. The van der Waals surface area contributed by atoms with Crippen molar-refractivity contribution >= 4 is 34.8 Å². The number of methoxy groups -OCH3 is 1. The third kappa shape index (κ3) is 3.07. The second-order valence-corrected chi connectivity index (χ2v) is 5.88. The predicted octanol–water partition coefficient (Wildman–Crippen LogP) is 4.99. The van der Waals surface area contributed by atoms with Gasteiger partial charge in [-0.15, -0.1) is 0 Å². The van der Waals surface area contributed by atoms with Crippen LogP contribution in [0.4, 0.5) is 0 Å². The molecule has 20 heavy (non-hydrogen) atoms. The van der Waals surface area contributed by atoms with E-state index in [2.05, 4.69) is 9.97 Å². The summed E-state index contributed by atoms with van der Waals surface area (Å²) in [4.78, 5) is 8.57. The highest BCUT2D eigenvalue weighted by Gasteiger charge is 2.26. The molecule has 1 aromatic carbocycles. The van der Waals surface area contributed by atoms with Crippen LogP contribution >= 0.6 is 34.8 Å². The topological polar surface area (TPSA) is 35.0 Å². The highest BCUT2D eigenvalue weighted by molar-refractivity contribution is 6.37. The van der Waals surface area contributed by atoms with Crippen molar-refractivity contribution in [2.24, 2.45) is 0 Å². The molecule has 0 radical (unpaired) electrons. The lowest BCUT2D eigenvalue weighted by atomic mass is 10.1. The van der Waals surface area contributed by atoms with E-state index in [1.807, 2.05) is 26.0 Å². The van der Waals surface area contributed by atoms with Crippen molar-refractivity contribution in [2.45, 2.75) is 19.4 Å². The fourth-order valence-electron chi connectivity index (χ4n) is 1.62. The van der Waals surface area contributed by atoms with Gasteiger partial charge in [0.1, 0.15) is 15.9 Å². The van der Waals surface area contributed by atoms with Crippen LogP contribution in [0.3, 0.4) is 0 Å². The summed E-state index contributed by atoms with van der Waals surface area (Å²) in [6.07, 6.45) is 0. The standard InChI is InChI=1S/C14H13Cl3N2O/c1-14(2,20-3)13-18-11(16)10(12(17)19-13)8-4-6-9(15)7-5-8/h4-7H,1-3H3. The van der Waals surface area contributed by atoms with Crippen molar-refractivity contribution in [3.63, 3.8) is 0 Å². The molecule has 106 valence electrons. The van der Waals surface area contributed by atoms with E-state index < -0.39 is 5.60 Å². The fraction of sp³-hybridized carbons (Fsp3) is 0.286. The zero-order valence-electron chi connectivity index (χ0n) is 11.2. The molecule has 1 aromatic heterocycles. The number of nitrogens with zero attached hydrogens (tertiary/aromatic N) is 2. The highest BCUT2D eigenvalue weighted by Crippen LogP contribution is 2.35. The van der Waals surface area contributed by atoms with Crippen LogP contribution in [0.1, 0.15) is 19.7 Å². The fourth-order valence-corrected chi connectivity index (χ4v) is 2.35. The maximum absolute atomic E-state index is 6.25. The number of rotatable bonds is 3. The average molecular weight is 332 g/mol. The number of aromatic nitrogens is 2. The smallest absolute Gasteiger partial charge is 0.163 e. The summed E-state index contributed by atoms with van der Waals surface area (Å²) < 4.78 is 5.34. The maximum Gasteiger partial charge on any atom is 0.163 e. The SMILES string of the molecule is COC(C)(C)c1nc(Cl)c(-c2ccc(Cl)cc2)c(Cl)n1. The van der Waals surface area contributed by atoms with Crippen molar-refractivity contribution in [1.29, 1.82) is 0 Å². The molecule has 0 amide bonds. The summed E-state index contributed by atoms with van der Waals surface area (Å²) in [6, 6.07) is 7.16. The number of ether oxygens (including phenoxy) is 1. The summed E-state index contributed by atoms with van der Waals surface area (Å²) in [6.45, 7) is 3.69. The molecule has 0 aliphatic rings. The third-order valence-corrected chi connectivity index (χ3v) is 3.80. The molecule has 0 N–H and O–H groups in total. The first kappa shape index (κ1) is 15.5. The van der Waals surface area contributed by atoms with E-state index >= 15 is 0 Å². The van der Waals surface area contributed by atoms with Crippen molar-refractivity contribution in [2.75, 3.05) is 7.11 Å².